The Morgan fingerprint density at radius 3 is 2.58 bits per heavy atom. The van der Waals surface area contributed by atoms with Crippen LogP contribution >= 0.6 is 0 Å². The van der Waals surface area contributed by atoms with Gasteiger partial charge in [0.25, 0.3) is 0 Å². The van der Waals surface area contributed by atoms with E-state index in [4.69, 9.17) is 5.73 Å². The van der Waals surface area contributed by atoms with E-state index in [0.717, 1.165) is 13.1 Å². The molecule has 0 saturated heterocycles. The minimum Gasteiger partial charge on any atom is -0.369 e. The molecule has 0 aromatic heterocycles. The van der Waals surface area contributed by atoms with Crippen LogP contribution in [0.1, 0.15) is 23.6 Å². The molecule has 1 atom stereocenters. The summed E-state index contributed by atoms with van der Waals surface area (Å²) >= 11 is 0. The molecule has 1 heterocycles. The molecule has 0 fully saturated rings. The van der Waals surface area contributed by atoms with Crippen molar-refractivity contribution < 1.29 is 0 Å². The molecule has 0 spiro atoms. The molecule has 0 bridgehead atoms. The predicted octanol–water partition coefficient (Wildman–Crippen LogP) is 3.14. The van der Waals surface area contributed by atoms with E-state index in [1.54, 1.807) is 0 Å². The van der Waals surface area contributed by atoms with Crippen LogP contribution in [-0.2, 0) is 6.42 Å². The molecule has 0 aliphatic carbocycles. The number of nitrogens with zero attached hydrogens (tertiary/aromatic N) is 1. The van der Waals surface area contributed by atoms with Crippen molar-refractivity contribution in [2.24, 2.45) is 5.73 Å². The Morgan fingerprint density at radius 2 is 1.74 bits per heavy atom. The van der Waals surface area contributed by atoms with E-state index in [1.165, 1.54) is 29.7 Å². The quantitative estimate of drug-likeness (QED) is 0.909. The largest absolute Gasteiger partial charge is 0.369 e. The number of hydrogen-bond donors (Lipinski definition) is 1. The lowest BCUT2D eigenvalue weighted by atomic mass is 10.00. The van der Waals surface area contributed by atoms with Gasteiger partial charge < -0.3 is 10.6 Å². The summed E-state index contributed by atoms with van der Waals surface area (Å²) in [6.07, 6.45) is 2.41. The van der Waals surface area contributed by atoms with Crippen LogP contribution in [0, 0.1) is 0 Å². The molecular formula is C17H20N2. The highest BCUT2D eigenvalue weighted by Crippen LogP contribution is 2.28. The van der Waals surface area contributed by atoms with Gasteiger partial charge >= 0.3 is 0 Å². The summed E-state index contributed by atoms with van der Waals surface area (Å²) in [6.45, 7) is 2.00. The standard InChI is InChI=1S/C17H20N2/c18-16(14-7-2-1-3-8-14)13-19-12-6-10-15-9-4-5-11-17(15)19/h1-5,7-9,11,16H,6,10,12-13,18H2/t16-/m1/s1. The molecule has 0 amide bonds. The molecule has 2 nitrogen and oxygen atoms in total. The third-order valence-electron chi connectivity index (χ3n) is 3.85. The smallest absolute Gasteiger partial charge is 0.0473 e. The lowest BCUT2D eigenvalue weighted by Gasteiger charge is -2.33. The zero-order valence-corrected chi connectivity index (χ0v) is 11.1. The maximum absolute atomic E-state index is 6.34. The molecule has 3 rings (SSSR count). The fraction of sp³-hybridized carbons (Fsp3) is 0.294. The lowest BCUT2D eigenvalue weighted by molar-refractivity contribution is 0.625. The Bertz CT molecular complexity index is 536. The summed E-state index contributed by atoms with van der Waals surface area (Å²) in [5.41, 5.74) is 10.4. The van der Waals surface area contributed by atoms with Crippen LogP contribution in [0.3, 0.4) is 0 Å². The fourth-order valence-electron chi connectivity index (χ4n) is 2.84. The molecule has 2 aromatic rings. The highest BCUT2D eigenvalue weighted by Gasteiger charge is 2.18. The number of rotatable bonds is 3. The van der Waals surface area contributed by atoms with E-state index in [9.17, 15) is 0 Å². The van der Waals surface area contributed by atoms with Gasteiger partial charge in [0.05, 0.1) is 0 Å². The first-order valence-corrected chi connectivity index (χ1v) is 6.98. The summed E-state index contributed by atoms with van der Waals surface area (Å²) in [5.74, 6) is 0. The highest BCUT2D eigenvalue weighted by molar-refractivity contribution is 5.55. The van der Waals surface area contributed by atoms with E-state index in [1.807, 2.05) is 6.07 Å². The van der Waals surface area contributed by atoms with Gasteiger partial charge in [0.1, 0.15) is 0 Å². The van der Waals surface area contributed by atoms with E-state index in [0.29, 0.717) is 0 Å². The second-order valence-electron chi connectivity index (χ2n) is 5.20. The highest BCUT2D eigenvalue weighted by atomic mass is 15.1. The van der Waals surface area contributed by atoms with E-state index >= 15 is 0 Å². The number of aryl methyl sites for hydroxylation is 1. The van der Waals surface area contributed by atoms with Gasteiger partial charge in [0, 0.05) is 24.8 Å². The van der Waals surface area contributed by atoms with Crippen LogP contribution in [0.2, 0.25) is 0 Å². The monoisotopic (exact) mass is 252 g/mol. The van der Waals surface area contributed by atoms with Gasteiger partial charge in [0.2, 0.25) is 0 Å². The molecule has 1 aliphatic rings. The molecule has 19 heavy (non-hydrogen) atoms. The topological polar surface area (TPSA) is 29.3 Å². The summed E-state index contributed by atoms with van der Waals surface area (Å²) < 4.78 is 0. The van der Waals surface area contributed by atoms with Crippen molar-refractivity contribution in [1.82, 2.24) is 0 Å². The van der Waals surface area contributed by atoms with Crippen LogP contribution < -0.4 is 10.6 Å². The summed E-state index contributed by atoms with van der Waals surface area (Å²) in [5, 5.41) is 0. The van der Waals surface area contributed by atoms with Crippen molar-refractivity contribution in [1.29, 1.82) is 0 Å². The molecule has 98 valence electrons. The van der Waals surface area contributed by atoms with Gasteiger partial charge in [-0.2, -0.15) is 0 Å². The van der Waals surface area contributed by atoms with Gasteiger partial charge in [-0.05, 0) is 30.0 Å². The Morgan fingerprint density at radius 1 is 1.00 bits per heavy atom. The molecule has 2 heteroatoms. The zero-order valence-electron chi connectivity index (χ0n) is 11.1. The van der Waals surface area contributed by atoms with Crippen LogP contribution in [0.4, 0.5) is 5.69 Å². The number of benzene rings is 2. The average molecular weight is 252 g/mol. The Balaban J connectivity index is 1.78. The number of nitrogens with two attached hydrogens (primary N) is 1. The van der Waals surface area contributed by atoms with Gasteiger partial charge in [-0.25, -0.2) is 0 Å². The first kappa shape index (κ1) is 12.2. The fourth-order valence-corrected chi connectivity index (χ4v) is 2.84. The zero-order chi connectivity index (χ0) is 13.1. The first-order valence-electron chi connectivity index (χ1n) is 6.98. The second kappa shape index (κ2) is 5.45. The van der Waals surface area contributed by atoms with Crippen LogP contribution in [-0.4, -0.2) is 13.1 Å². The predicted molar refractivity (Wildman–Crippen MR) is 80.3 cm³/mol. The summed E-state index contributed by atoms with van der Waals surface area (Å²) in [4.78, 5) is 2.43. The molecule has 0 unspecified atom stereocenters. The molecule has 2 aromatic carbocycles. The van der Waals surface area contributed by atoms with Gasteiger partial charge in [-0.3, -0.25) is 0 Å². The Kier molecular flexibility index (Phi) is 3.51. The molecule has 0 radical (unpaired) electrons. The maximum atomic E-state index is 6.34. The third-order valence-corrected chi connectivity index (χ3v) is 3.85. The van der Waals surface area contributed by atoms with Crippen molar-refractivity contribution in [2.45, 2.75) is 18.9 Å². The number of anilines is 1. The maximum Gasteiger partial charge on any atom is 0.0473 e. The van der Waals surface area contributed by atoms with Crippen LogP contribution in [0.25, 0.3) is 0 Å². The average Bonchev–Trinajstić information content (AvgIpc) is 2.48. The minimum atomic E-state index is 0.0763. The Hall–Kier alpha value is -1.80. The number of para-hydroxylation sites is 1. The normalized spacial score (nSPS) is 15.9. The molecule has 2 N–H and O–H groups in total. The van der Waals surface area contributed by atoms with Crippen LogP contribution in [0.5, 0.6) is 0 Å². The number of hydrogen-bond acceptors (Lipinski definition) is 2. The van der Waals surface area contributed by atoms with Crippen molar-refractivity contribution >= 4 is 5.69 Å². The number of fused-ring (bicyclic) bond motifs is 1. The van der Waals surface area contributed by atoms with E-state index in [2.05, 4.69) is 53.4 Å². The second-order valence-corrected chi connectivity index (χ2v) is 5.20. The van der Waals surface area contributed by atoms with Gasteiger partial charge in [0.15, 0.2) is 0 Å². The van der Waals surface area contributed by atoms with Crippen molar-refractivity contribution in [3.05, 3.63) is 65.7 Å². The summed E-state index contributed by atoms with van der Waals surface area (Å²) in [6, 6.07) is 19.1. The molecule has 0 saturated carbocycles. The minimum absolute atomic E-state index is 0.0763. The first-order chi connectivity index (χ1) is 9.34. The van der Waals surface area contributed by atoms with Gasteiger partial charge in [-0.15, -0.1) is 0 Å². The summed E-state index contributed by atoms with van der Waals surface area (Å²) in [7, 11) is 0. The van der Waals surface area contributed by atoms with Gasteiger partial charge in [-0.1, -0.05) is 48.5 Å². The van der Waals surface area contributed by atoms with Crippen molar-refractivity contribution in [2.75, 3.05) is 18.0 Å². The Labute approximate surface area is 114 Å². The van der Waals surface area contributed by atoms with Crippen LogP contribution in [0.15, 0.2) is 54.6 Å². The van der Waals surface area contributed by atoms with E-state index in [-0.39, 0.29) is 6.04 Å². The molecular weight excluding hydrogens is 232 g/mol. The lowest BCUT2D eigenvalue weighted by Crippen LogP contribution is -2.35. The van der Waals surface area contributed by atoms with E-state index < -0.39 is 0 Å². The molecule has 1 aliphatic heterocycles. The third kappa shape index (κ3) is 2.64. The van der Waals surface area contributed by atoms with Crippen molar-refractivity contribution in [3.8, 4) is 0 Å². The SMILES string of the molecule is N[C@H](CN1CCCc2ccccc21)c1ccccc1. The van der Waals surface area contributed by atoms with Crippen molar-refractivity contribution in [3.63, 3.8) is 0 Å².